The van der Waals surface area contributed by atoms with Gasteiger partial charge in [0.1, 0.15) is 19.3 Å². The van der Waals surface area contributed by atoms with Gasteiger partial charge in [-0.05, 0) is 0 Å². The van der Waals surface area contributed by atoms with Crippen LogP contribution >= 0.6 is 0 Å². The predicted molar refractivity (Wildman–Crippen MR) is 47.0 cm³/mol. The van der Waals surface area contributed by atoms with Crippen molar-refractivity contribution in [2.45, 2.75) is 12.5 Å². The van der Waals surface area contributed by atoms with Crippen molar-refractivity contribution in [2.24, 2.45) is 0 Å². The number of Topliss-reactive ketones (excluding diaryl/α,β-unsaturated/α-hetero) is 1. The molecule has 0 saturated carbocycles. The van der Waals surface area contributed by atoms with Gasteiger partial charge in [-0.2, -0.15) is 0 Å². The molecule has 86 valence electrons. The topological polar surface area (TPSA) is 92.7 Å². The number of rotatable bonds is 7. The van der Waals surface area contributed by atoms with Crippen LogP contribution in [0.3, 0.4) is 0 Å². The highest BCUT2D eigenvalue weighted by atomic mass is 19.1. The number of ketones is 1. The number of nitrogens with one attached hydrogen (secondary N) is 1. The van der Waals surface area contributed by atoms with E-state index in [-0.39, 0.29) is 6.61 Å². The molecule has 1 amide bonds. The van der Waals surface area contributed by atoms with Gasteiger partial charge in [-0.15, -0.1) is 0 Å². The average molecular weight is 221 g/mol. The lowest BCUT2D eigenvalue weighted by Gasteiger charge is -2.13. The van der Waals surface area contributed by atoms with Gasteiger partial charge in [-0.3, -0.25) is 14.4 Å². The van der Waals surface area contributed by atoms with Crippen LogP contribution in [-0.4, -0.2) is 49.2 Å². The van der Waals surface area contributed by atoms with Gasteiger partial charge in [0.25, 0.3) is 0 Å². The molecular weight excluding hydrogens is 209 g/mol. The minimum Gasteiger partial charge on any atom is -0.481 e. The van der Waals surface area contributed by atoms with Crippen LogP contribution in [0.2, 0.25) is 0 Å². The lowest BCUT2D eigenvalue weighted by atomic mass is 10.1. The van der Waals surface area contributed by atoms with E-state index in [1.165, 1.54) is 7.11 Å². The molecule has 0 fully saturated rings. The first kappa shape index (κ1) is 13.5. The number of ether oxygens (including phenoxy) is 1. The van der Waals surface area contributed by atoms with Crippen molar-refractivity contribution in [1.82, 2.24) is 5.32 Å². The summed E-state index contributed by atoms with van der Waals surface area (Å²) in [6, 6.07) is -1.34. The van der Waals surface area contributed by atoms with Crippen LogP contribution in [0.1, 0.15) is 6.42 Å². The van der Waals surface area contributed by atoms with Crippen LogP contribution in [0.5, 0.6) is 0 Å². The summed E-state index contributed by atoms with van der Waals surface area (Å²) in [4.78, 5) is 32.2. The molecule has 0 aromatic heterocycles. The maximum Gasteiger partial charge on any atom is 0.305 e. The number of halogens is 1. The molecule has 0 saturated heterocycles. The van der Waals surface area contributed by atoms with Gasteiger partial charge in [0.05, 0.1) is 6.42 Å². The summed E-state index contributed by atoms with van der Waals surface area (Å²) in [6.07, 6.45) is -0.641. The number of carboxylic acid groups (broad SMARTS) is 1. The van der Waals surface area contributed by atoms with E-state index in [0.717, 1.165) is 0 Å². The number of amides is 1. The van der Waals surface area contributed by atoms with E-state index in [0.29, 0.717) is 0 Å². The maximum absolute atomic E-state index is 12.0. The van der Waals surface area contributed by atoms with Crippen molar-refractivity contribution in [3.63, 3.8) is 0 Å². The monoisotopic (exact) mass is 221 g/mol. The minimum atomic E-state index is -1.34. The normalized spacial score (nSPS) is 11.9. The second-order valence-electron chi connectivity index (χ2n) is 2.75. The second kappa shape index (κ2) is 6.88. The van der Waals surface area contributed by atoms with Gasteiger partial charge < -0.3 is 15.2 Å². The van der Waals surface area contributed by atoms with Crippen LogP contribution in [0, 0.1) is 0 Å². The third-order valence-corrected chi connectivity index (χ3v) is 1.51. The van der Waals surface area contributed by atoms with Crippen molar-refractivity contribution >= 4 is 17.7 Å². The lowest BCUT2D eigenvalue weighted by molar-refractivity contribution is -0.140. The fourth-order valence-electron chi connectivity index (χ4n) is 0.880. The highest BCUT2D eigenvalue weighted by Crippen LogP contribution is 1.95. The zero-order chi connectivity index (χ0) is 11.8. The van der Waals surface area contributed by atoms with Gasteiger partial charge in [-0.1, -0.05) is 0 Å². The molecule has 0 radical (unpaired) electrons. The van der Waals surface area contributed by atoms with Crippen molar-refractivity contribution in [1.29, 1.82) is 0 Å². The lowest BCUT2D eigenvalue weighted by Crippen LogP contribution is -2.44. The number of aliphatic carboxylic acids is 1. The fraction of sp³-hybridized carbons (Fsp3) is 0.625. The zero-order valence-electron chi connectivity index (χ0n) is 8.16. The summed E-state index contributed by atoms with van der Waals surface area (Å²) in [5.41, 5.74) is 0. The Balaban J connectivity index is 4.30. The van der Waals surface area contributed by atoms with Gasteiger partial charge in [-0.25, -0.2) is 4.39 Å². The van der Waals surface area contributed by atoms with Crippen LogP contribution in [0.4, 0.5) is 4.39 Å². The van der Waals surface area contributed by atoms with E-state index >= 15 is 0 Å². The number of alkyl halides is 1. The Bertz CT molecular complexity index is 255. The molecule has 2 N–H and O–H groups in total. The molecule has 0 aliphatic carbocycles. The predicted octanol–water partition coefficient (Wildman–Crippen LogP) is -0.869. The summed E-state index contributed by atoms with van der Waals surface area (Å²) in [7, 11) is 1.27. The molecule has 1 unspecified atom stereocenters. The standard InChI is InChI=1S/C8H12FNO5/c1-15-4-7(12)10-5(2-8(13)14)6(11)3-9/h5H,2-4H2,1H3,(H,10,12)(H,13,14). The zero-order valence-corrected chi connectivity index (χ0v) is 8.16. The molecule has 0 aromatic carbocycles. The highest BCUT2D eigenvalue weighted by Gasteiger charge is 2.23. The largest absolute Gasteiger partial charge is 0.481 e. The quantitative estimate of drug-likeness (QED) is 0.583. The van der Waals surface area contributed by atoms with E-state index in [4.69, 9.17) is 5.11 Å². The van der Waals surface area contributed by atoms with E-state index < -0.39 is 36.8 Å². The summed E-state index contributed by atoms with van der Waals surface area (Å²) in [6.45, 7) is -1.62. The fourth-order valence-corrected chi connectivity index (χ4v) is 0.880. The molecule has 0 bridgehead atoms. The summed E-state index contributed by atoms with van der Waals surface area (Å²) >= 11 is 0. The van der Waals surface area contributed by atoms with Crippen molar-refractivity contribution in [2.75, 3.05) is 20.4 Å². The minimum absolute atomic E-state index is 0.310. The van der Waals surface area contributed by atoms with E-state index in [1.54, 1.807) is 0 Å². The number of carbonyl (C=O) groups excluding carboxylic acids is 2. The summed E-state index contributed by atoms with van der Waals surface area (Å²) in [5, 5.41) is 10.5. The number of hydrogen-bond donors (Lipinski definition) is 2. The summed E-state index contributed by atoms with van der Waals surface area (Å²) < 4.78 is 16.5. The number of hydrogen-bond acceptors (Lipinski definition) is 4. The third-order valence-electron chi connectivity index (χ3n) is 1.51. The third kappa shape index (κ3) is 5.74. The Morgan fingerprint density at radius 2 is 2.07 bits per heavy atom. The first-order valence-electron chi connectivity index (χ1n) is 4.10. The molecule has 0 spiro atoms. The van der Waals surface area contributed by atoms with Gasteiger partial charge in [0.15, 0.2) is 5.78 Å². The Labute approximate surface area is 85.4 Å². The van der Waals surface area contributed by atoms with E-state index in [9.17, 15) is 18.8 Å². The average Bonchev–Trinajstić information content (AvgIpc) is 2.15. The highest BCUT2D eigenvalue weighted by molar-refractivity contribution is 5.92. The van der Waals surface area contributed by atoms with Gasteiger partial charge in [0, 0.05) is 7.11 Å². The summed E-state index contributed by atoms with van der Waals surface area (Å²) in [5.74, 6) is -2.92. The second-order valence-corrected chi connectivity index (χ2v) is 2.75. The molecule has 7 heteroatoms. The number of methoxy groups -OCH3 is 1. The molecule has 0 aromatic rings. The van der Waals surface area contributed by atoms with Crippen LogP contribution in [0.15, 0.2) is 0 Å². The molecule has 0 aliphatic rings. The van der Waals surface area contributed by atoms with Crippen LogP contribution in [0.25, 0.3) is 0 Å². The SMILES string of the molecule is COCC(=O)NC(CC(=O)O)C(=O)CF. The Kier molecular flexibility index (Phi) is 6.19. The van der Waals surface area contributed by atoms with Crippen LogP contribution < -0.4 is 5.32 Å². The Hall–Kier alpha value is -1.50. The Morgan fingerprint density at radius 1 is 1.47 bits per heavy atom. The molecule has 6 nitrogen and oxygen atoms in total. The van der Waals surface area contributed by atoms with E-state index in [1.807, 2.05) is 0 Å². The molecule has 0 heterocycles. The van der Waals surface area contributed by atoms with Gasteiger partial charge >= 0.3 is 5.97 Å². The number of carboxylic acids is 1. The van der Waals surface area contributed by atoms with Crippen molar-refractivity contribution in [3.8, 4) is 0 Å². The molecule has 0 rings (SSSR count). The number of carbonyl (C=O) groups is 3. The van der Waals surface area contributed by atoms with Crippen molar-refractivity contribution < 1.29 is 28.6 Å². The first-order chi connectivity index (χ1) is 7.01. The van der Waals surface area contributed by atoms with E-state index in [2.05, 4.69) is 10.1 Å². The maximum atomic E-state index is 12.0. The Morgan fingerprint density at radius 3 is 2.47 bits per heavy atom. The molecule has 15 heavy (non-hydrogen) atoms. The molecule has 0 aliphatic heterocycles. The van der Waals surface area contributed by atoms with Crippen molar-refractivity contribution in [3.05, 3.63) is 0 Å². The van der Waals surface area contributed by atoms with Crippen LogP contribution in [-0.2, 0) is 19.1 Å². The van der Waals surface area contributed by atoms with Gasteiger partial charge in [0.2, 0.25) is 5.91 Å². The molecule has 1 atom stereocenters. The molecular formula is C8H12FNO5. The smallest absolute Gasteiger partial charge is 0.305 e. The first-order valence-corrected chi connectivity index (χ1v) is 4.10.